The average molecular weight is 258 g/mol. The SMILES string of the molecule is OC1CCN(Cc2cc(-c3ccccc3)on2)CC1. The highest BCUT2D eigenvalue weighted by Crippen LogP contribution is 2.21. The maximum Gasteiger partial charge on any atom is 0.167 e. The van der Waals surface area contributed by atoms with Crippen molar-refractivity contribution in [1.82, 2.24) is 10.1 Å². The second-order valence-corrected chi connectivity index (χ2v) is 5.06. The fourth-order valence-electron chi connectivity index (χ4n) is 2.43. The van der Waals surface area contributed by atoms with Crippen LogP contribution in [0.1, 0.15) is 18.5 Å². The molecule has 0 spiro atoms. The minimum atomic E-state index is -0.131. The molecule has 1 aromatic heterocycles. The Hall–Kier alpha value is -1.65. The minimum Gasteiger partial charge on any atom is -0.393 e. The number of likely N-dealkylation sites (tertiary alicyclic amines) is 1. The maximum absolute atomic E-state index is 9.49. The van der Waals surface area contributed by atoms with E-state index in [1.807, 2.05) is 36.4 Å². The van der Waals surface area contributed by atoms with Gasteiger partial charge in [-0.15, -0.1) is 0 Å². The summed E-state index contributed by atoms with van der Waals surface area (Å²) in [6, 6.07) is 12.0. The molecule has 1 aliphatic rings. The van der Waals surface area contributed by atoms with Gasteiger partial charge in [0.05, 0.1) is 11.8 Å². The Morgan fingerprint density at radius 2 is 1.95 bits per heavy atom. The molecule has 1 fully saturated rings. The van der Waals surface area contributed by atoms with Crippen LogP contribution in [0.2, 0.25) is 0 Å². The Bertz CT molecular complexity index is 516. The van der Waals surface area contributed by atoms with Crippen molar-refractivity contribution in [3.05, 3.63) is 42.1 Å². The summed E-state index contributed by atoms with van der Waals surface area (Å²) < 4.78 is 5.39. The first-order valence-electron chi connectivity index (χ1n) is 6.73. The largest absolute Gasteiger partial charge is 0.393 e. The average Bonchev–Trinajstić information content (AvgIpc) is 2.91. The van der Waals surface area contributed by atoms with Crippen LogP contribution >= 0.6 is 0 Å². The third kappa shape index (κ3) is 3.03. The van der Waals surface area contributed by atoms with Crippen LogP contribution in [0.15, 0.2) is 40.9 Å². The third-order valence-corrected chi connectivity index (χ3v) is 3.56. The monoisotopic (exact) mass is 258 g/mol. The summed E-state index contributed by atoms with van der Waals surface area (Å²) >= 11 is 0. The lowest BCUT2D eigenvalue weighted by Gasteiger charge is -2.28. The molecule has 0 unspecified atom stereocenters. The van der Waals surface area contributed by atoms with E-state index >= 15 is 0 Å². The van der Waals surface area contributed by atoms with Gasteiger partial charge in [-0.3, -0.25) is 4.90 Å². The van der Waals surface area contributed by atoms with Crippen molar-refractivity contribution in [2.24, 2.45) is 0 Å². The van der Waals surface area contributed by atoms with Crippen LogP contribution in [-0.4, -0.2) is 34.4 Å². The Balaban J connectivity index is 1.65. The van der Waals surface area contributed by atoms with Crippen LogP contribution < -0.4 is 0 Å². The Morgan fingerprint density at radius 3 is 2.68 bits per heavy atom. The molecular weight excluding hydrogens is 240 g/mol. The molecule has 0 atom stereocenters. The molecule has 0 amide bonds. The lowest BCUT2D eigenvalue weighted by molar-refractivity contribution is 0.0782. The molecule has 4 heteroatoms. The Labute approximate surface area is 112 Å². The molecule has 1 N–H and O–H groups in total. The zero-order chi connectivity index (χ0) is 13.1. The molecule has 1 saturated heterocycles. The number of piperidine rings is 1. The van der Waals surface area contributed by atoms with Crippen LogP contribution in [0.25, 0.3) is 11.3 Å². The van der Waals surface area contributed by atoms with Gasteiger partial charge in [0.15, 0.2) is 5.76 Å². The number of hydrogen-bond donors (Lipinski definition) is 1. The highest BCUT2D eigenvalue weighted by atomic mass is 16.5. The van der Waals surface area contributed by atoms with Gasteiger partial charge in [-0.2, -0.15) is 0 Å². The van der Waals surface area contributed by atoms with Crippen LogP contribution in [0.4, 0.5) is 0 Å². The smallest absolute Gasteiger partial charge is 0.167 e. The van der Waals surface area contributed by atoms with Crippen molar-refractivity contribution in [2.75, 3.05) is 13.1 Å². The summed E-state index contributed by atoms with van der Waals surface area (Å²) in [6.07, 6.45) is 1.57. The predicted molar refractivity (Wildman–Crippen MR) is 72.5 cm³/mol. The Kier molecular flexibility index (Phi) is 3.62. The second kappa shape index (κ2) is 5.55. The number of rotatable bonds is 3. The molecule has 19 heavy (non-hydrogen) atoms. The van der Waals surface area contributed by atoms with Gasteiger partial charge in [0.25, 0.3) is 0 Å². The lowest BCUT2D eigenvalue weighted by atomic mass is 10.1. The van der Waals surface area contributed by atoms with E-state index in [-0.39, 0.29) is 6.10 Å². The van der Waals surface area contributed by atoms with Gasteiger partial charge in [0, 0.05) is 31.3 Å². The zero-order valence-corrected chi connectivity index (χ0v) is 10.8. The molecule has 100 valence electrons. The first-order chi connectivity index (χ1) is 9.31. The van der Waals surface area contributed by atoms with Crippen molar-refractivity contribution >= 4 is 0 Å². The number of aromatic nitrogens is 1. The van der Waals surface area contributed by atoms with Crippen LogP contribution in [0.3, 0.4) is 0 Å². The Morgan fingerprint density at radius 1 is 1.21 bits per heavy atom. The van der Waals surface area contributed by atoms with E-state index in [0.29, 0.717) is 0 Å². The fourth-order valence-corrected chi connectivity index (χ4v) is 2.43. The number of hydrogen-bond acceptors (Lipinski definition) is 4. The van der Waals surface area contributed by atoms with Gasteiger partial charge in [0.2, 0.25) is 0 Å². The lowest BCUT2D eigenvalue weighted by Crippen LogP contribution is -2.35. The molecule has 0 radical (unpaired) electrons. The van der Waals surface area contributed by atoms with Gasteiger partial charge in [0.1, 0.15) is 0 Å². The van der Waals surface area contributed by atoms with Crippen molar-refractivity contribution in [3.63, 3.8) is 0 Å². The molecule has 1 aliphatic heterocycles. The standard InChI is InChI=1S/C15H18N2O2/c18-14-6-8-17(9-7-14)11-13-10-15(19-16-13)12-4-2-1-3-5-12/h1-5,10,14,18H,6-9,11H2. The predicted octanol–water partition coefficient (Wildman–Crippen LogP) is 2.30. The van der Waals surface area contributed by atoms with E-state index in [1.165, 1.54) is 0 Å². The van der Waals surface area contributed by atoms with Gasteiger partial charge in [-0.05, 0) is 12.8 Å². The highest BCUT2D eigenvalue weighted by molar-refractivity contribution is 5.56. The molecule has 1 aromatic carbocycles. The second-order valence-electron chi connectivity index (χ2n) is 5.06. The number of aliphatic hydroxyl groups excluding tert-OH is 1. The van der Waals surface area contributed by atoms with Gasteiger partial charge in [-0.1, -0.05) is 35.5 Å². The van der Waals surface area contributed by atoms with Crippen molar-refractivity contribution in [2.45, 2.75) is 25.5 Å². The van der Waals surface area contributed by atoms with E-state index in [9.17, 15) is 5.11 Å². The quantitative estimate of drug-likeness (QED) is 0.917. The normalized spacial score (nSPS) is 17.7. The van der Waals surface area contributed by atoms with Gasteiger partial charge < -0.3 is 9.63 Å². The zero-order valence-electron chi connectivity index (χ0n) is 10.8. The molecule has 0 aliphatic carbocycles. The summed E-state index contributed by atoms with van der Waals surface area (Å²) in [7, 11) is 0. The molecule has 0 bridgehead atoms. The first-order valence-corrected chi connectivity index (χ1v) is 6.73. The van der Waals surface area contributed by atoms with E-state index in [4.69, 9.17) is 4.52 Å². The van der Waals surface area contributed by atoms with E-state index in [2.05, 4.69) is 10.1 Å². The van der Waals surface area contributed by atoms with Crippen LogP contribution in [-0.2, 0) is 6.54 Å². The van der Waals surface area contributed by atoms with Crippen molar-refractivity contribution in [3.8, 4) is 11.3 Å². The topological polar surface area (TPSA) is 49.5 Å². The maximum atomic E-state index is 9.49. The molecule has 3 rings (SSSR count). The summed E-state index contributed by atoms with van der Waals surface area (Å²) in [6.45, 7) is 2.65. The number of benzene rings is 1. The van der Waals surface area contributed by atoms with E-state index in [1.54, 1.807) is 0 Å². The van der Waals surface area contributed by atoms with E-state index in [0.717, 1.165) is 49.5 Å². The van der Waals surface area contributed by atoms with E-state index < -0.39 is 0 Å². The molecule has 0 saturated carbocycles. The van der Waals surface area contributed by atoms with Crippen LogP contribution in [0.5, 0.6) is 0 Å². The first kappa shape index (κ1) is 12.4. The summed E-state index contributed by atoms with van der Waals surface area (Å²) in [5.41, 5.74) is 2.01. The summed E-state index contributed by atoms with van der Waals surface area (Å²) in [5.74, 6) is 0.813. The summed E-state index contributed by atoms with van der Waals surface area (Å²) in [4.78, 5) is 2.30. The molecule has 2 heterocycles. The number of nitrogens with zero attached hydrogens (tertiary/aromatic N) is 2. The number of aliphatic hydroxyl groups is 1. The van der Waals surface area contributed by atoms with Gasteiger partial charge >= 0.3 is 0 Å². The minimum absolute atomic E-state index is 0.131. The molecular formula is C15H18N2O2. The third-order valence-electron chi connectivity index (χ3n) is 3.56. The highest BCUT2D eigenvalue weighted by Gasteiger charge is 2.18. The van der Waals surface area contributed by atoms with Gasteiger partial charge in [-0.25, -0.2) is 0 Å². The van der Waals surface area contributed by atoms with Crippen molar-refractivity contribution < 1.29 is 9.63 Å². The molecule has 2 aromatic rings. The molecule has 4 nitrogen and oxygen atoms in total. The van der Waals surface area contributed by atoms with Crippen LogP contribution in [0, 0.1) is 0 Å². The fraction of sp³-hybridized carbons (Fsp3) is 0.400. The summed E-state index contributed by atoms with van der Waals surface area (Å²) in [5, 5.41) is 13.6. The van der Waals surface area contributed by atoms with Crippen molar-refractivity contribution in [1.29, 1.82) is 0 Å².